The molecule has 0 saturated heterocycles. The molecule has 0 aromatic carbocycles. The molecule has 0 N–H and O–H groups in total. The lowest BCUT2D eigenvalue weighted by Crippen LogP contribution is -2.28. The van der Waals surface area contributed by atoms with Crippen LogP contribution in [0.3, 0.4) is 0 Å². The Morgan fingerprint density at radius 2 is 2.50 bits per heavy atom. The third kappa shape index (κ3) is 2.49. The summed E-state index contributed by atoms with van der Waals surface area (Å²) in [5, 5.41) is 0.729. The molecule has 0 heterocycles. The molecular weight excluding hydrogens is 243 g/mol. The lowest BCUT2D eigenvalue weighted by atomic mass is 10.0. The zero-order valence-corrected chi connectivity index (χ0v) is 9.06. The van der Waals surface area contributed by atoms with Crippen molar-refractivity contribution in [3.63, 3.8) is 0 Å². The quantitative estimate of drug-likeness (QED) is 0.530. The number of carbonyl (C=O) groups is 1. The normalized spacial score (nSPS) is 29.4. The van der Waals surface area contributed by atoms with Gasteiger partial charge < -0.3 is 4.74 Å². The van der Waals surface area contributed by atoms with E-state index in [2.05, 4.69) is 15.9 Å². The molecule has 4 heteroatoms. The average molecular weight is 254 g/mol. The molecule has 0 saturated carbocycles. The number of alkyl halides is 1. The second kappa shape index (κ2) is 4.28. The van der Waals surface area contributed by atoms with E-state index in [-0.39, 0.29) is 16.9 Å². The van der Waals surface area contributed by atoms with Crippen molar-refractivity contribution in [3.8, 4) is 0 Å². The van der Waals surface area contributed by atoms with E-state index in [1.807, 2.05) is 6.08 Å². The molecule has 0 radical (unpaired) electrons. The lowest BCUT2D eigenvalue weighted by molar-refractivity contribution is -0.146. The minimum Gasteiger partial charge on any atom is -0.461 e. The predicted molar refractivity (Wildman–Crippen MR) is 51.4 cm³/mol. The van der Waals surface area contributed by atoms with Crippen molar-refractivity contribution >= 4 is 33.5 Å². The van der Waals surface area contributed by atoms with Crippen LogP contribution >= 0.6 is 27.5 Å². The molecule has 2 nitrogen and oxygen atoms in total. The number of hydrogen-bond acceptors (Lipinski definition) is 2. The lowest BCUT2D eigenvalue weighted by Gasteiger charge is -2.24. The van der Waals surface area contributed by atoms with Crippen LogP contribution in [0.15, 0.2) is 11.1 Å². The van der Waals surface area contributed by atoms with E-state index in [1.54, 1.807) is 0 Å². The van der Waals surface area contributed by atoms with Gasteiger partial charge in [0.15, 0.2) is 0 Å². The summed E-state index contributed by atoms with van der Waals surface area (Å²) in [6, 6.07) is 0. The van der Waals surface area contributed by atoms with Gasteiger partial charge >= 0.3 is 5.97 Å². The fourth-order valence-electron chi connectivity index (χ4n) is 1.15. The van der Waals surface area contributed by atoms with Crippen molar-refractivity contribution in [1.29, 1.82) is 0 Å². The van der Waals surface area contributed by atoms with E-state index in [1.165, 1.54) is 6.92 Å². The maximum Gasteiger partial charge on any atom is 0.302 e. The third-order valence-electron chi connectivity index (χ3n) is 1.70. The van der Waals surface area contributed by atoms with Gasteiger partial charge in [-0.2, -0.15) is 0 Å². The van der Waals surface area contributed by atoms with Crippen molar-refractivity contribution in [2.75, 3.05) is 0 Å². The van der Waals surface area contributed by atoms with Gasteiger partial charge in [0.1, 0.15) is 6.10 Å². The fourth-order valence-corrected chi connectivity index (χ4v) is 1.96. The van der Waals surface area contributed by atoms with Gasteiger partial charge in [-0.1, -0.05) is 33.6 Å². The highest BCUT2D eigenvalue weighted by molar-refractivity contribution is 9.09. The molecule has 0 fully saturated rings. The first-order valence-corrected chi connectivity index (χ1v) is 5.07. The maximum absolute atomic E-state index is 10.7. The Morgan fingerprint density at radius 1 is 1.83 bits per heavy atom. The Balaban J connectivity index is 2.56. The minimum absolute atomic E-state index is 0.0307. The predicted octanol–water partition coefficient (Wildman–Crippen LogP) is 2.60. The third-order valence-corrected chi connectivity index (χ3v) is 3.43. The number of hydrogen-bond donors (Lipinski definition) is 0. The molecular formula is C8H10BrClO2. The van der Waals surface area contributed by atoms with E-state index in [0.717, 1.165) is 17.9 Å². The maximum atomic E-state index is 10.7. The van der Waals surface area contributed by atoms with Crippen molar-refractivity contribution in [2.45, 2.75) is 30.7 Å². The van der Waals surface area contributed by atoms with Crippen molar-refractivity contribution in [3.05, 3.63) is 11.1 Å². The highest BCUT2D eigenvalue weighted by atomic mass is 79.9. The largest absolute Gasteiger partial charge is 0.461 e. The number of rotatable bonds is 1. The molecule has 2 atom stereocenters. The molecule has 12 heavy (non-hydrogen) atoms. The van der Waals surface area contributed by atoms with Gasteiger partial charge in [-0.3, -0.25) is 4.79 Å². The van der Waals surface area contributed by atoms with Gasteiger partial charge in [-0.15, -0.1) is 0 Å². The number of esters is 1. The first-order valence-electron chi connectivity index (χ1n) is 3.78. The molecule has 0 aliphatic heterocycles. The van der Waals surface area contributed by atoms with Gasteiger partial charge in [0.05, 0.1) is 4.83 Å². The number of ether oxygens (including phenoxy) is 1. The standard InChI is InChI=1S/C8H10BrClO2/c1-5(11)12-7-4-2-3-6(10)8(7)9/h3,7-8H,2,4H2,1H3/t7-,8-/m0/s1. The summed E-state index contributed by atoms with van der Waals surface area (Å²) in [7, 11) is 0. The van der Waals surface area contributed by atoms with Crippen molar-refractivity contribution in [2.24, 2.45) is 0 Å². The summed E-state index contributed by atoms with van der Waals surface area (Å²) in [6.45, 7) is 1.41. The van der Waals surface area contributed by atoms with Gasteiger partial charge in [-0.05, 0) is 12.8 Å². The second-order valence-electron chi connectivity index (χ2n) is 2.72. The molecule has 0 aromatic heterocycles. The summed E-state index contributed by atoms with van der Waals surface area (Å²) in [5.41, 5.74) is 0. The Bertz CT molecular complexity index is 215. The van der Waals surface area contributed by atoms with Crippen LogP contribution in [0.25, 0.3) is 0 Å². The summed E-state index contributed by atoms with van der Waals surface area (Å²) < 4.78 is 5.06. The van der Waals surface area contributed by atoms with E-state index in [4.69, 9.17) is 16.3 Å². The van der Waals surface area contributed by atoms with E-state index >= 15 is 0 Å². The zero-order valence-electron chi connectivity index (χ0n) is 6.72. The Hall–Kier alpha value is -0.0200. The van der Waals surface area contributed by atoms with E-state index in [0.29, 0.717) is 0 Å². The molecule has 0 bridgehead atoms. The van der Waals surface area contributed by atoms with Crippen LogP contribution in [0.2, 0.25) is 0 Å². The zero-order chi connectivity index (χ0) is 9.14. The molecule has 68 valence electrons. The molecule has 1 aliphatic carbocycles. The molecule has 1 rings (SSSR count). The summed E-state index contributed by atoms with van der Waals surface area (Å²) in [5.74, 6) is -0.254. The van der Waals surface area contributed by atoms with E-state index < -0.39 is 0 Å². The Morgan fingerprint density at radius 3 is 3.08 bits per heavy atom. The van der Waals surface area contributed by atoms with Crippen LogP contribution < -0.4 is 0 Å². The SMILES string of the molecule is CC(=O)O[C@H]1CCC=C(Cl)[C@@H]1Br. The van der Waals surface area contributed by atoms with Crippen LogP contribution in [0, 0.1) is 0 Å². The van der Waals surface area contributed by atoms with Crippen molar-refractivity contribution < 1.29 is 9.53 Å². The topological polar surface area (TPSA) is 26.3 Å². The molecule has 0 amide bonds. The second-order valence-corrected chi connectivity index (χ2v) is 4.14. The molecule has 0 unspecified atom stereocenters. The summed E-state index contributed by atoms with van der Waals surface area (Å²) in [6.07, 6.45) is 3.55. The molecule has 0 aromatic rings. The van der Waals surface area contributed by atoms with Gasteiger partial charge in [0.2, 0.25) is 0 Å². The van der Waals surface area contributed by atoms with Crippen LogP contribution in [-0.4, -0.2) is 16.9 Å². The number of carbonyl (C=O) groups excluding carboxylic acids is 1. The Kier molecular flexibility index (Phi) is 3.59. The first kappa shape index (κ1) is 10.1. The van der Waals surface area contributed by atoms with Crippen LogP contribution in [0.1, 0.15) is 19.8 Å². The minimum atomic E-state index is -0.254. The van der Waals surface area contributed by atoms with Gasteiger partial charge in [-0.25, -0.2) is 0 Å². The smallest absolute Gasteiger partial charge is 0.302 e. The summed E-state index contributed by atoms with van der Waals surface area (Å²) >= 11 is 9.24. The van der Waals surface area contributed by atoms with Crippen LogP contribution in [0.4, 0.5) is 0 Å². The summed E-state index contributed by atoms with van der Waals surface area (Å²) in [4.78, 5) is 10.6. The van der Waals surface area contributed by atoms with Crippen molar-refractivity contribution in [1.82, 2.24) is 0 Å². The van der Waals surface area contributed by atoms with Crippen LogP contribution in [0.5, 0.6) is 0 Å². The number of halogens is 2. The van der Waals surface area contributed by atoms with Gasteiger partial charge in [0, 0.05) is 12.0 Å². The van der Waals surface area contributed by atoms with E-state index in [9.17, 15) is 4.79 Å². The first-order chi connectivity index (χ1) is 5.61. The monoisotopic (exact) mass is 252 g/mol. The fraction of sp³-hybridized carbons (Fsp3) is 0.625. The van der Waals surface area contributed by atoms with Crippen LogP contribution in [-0.2, 0) is 9.53 Å². The molecule has 0 spiro atoms. The highest BCUT2D eigenvalue weighted by Gasteiger charge is 2.26. The Labute approximate surface area is 85.0 Å². The highest BCUT2D eigenvalue weighted by Crippen LogP contribution is 2.29. The average Bonchev–Trinajstić information content (AvgIpc) is 1.98. The number of allylic oxidation sites excluding steroid dienone is 1. The molecule has 1 aliphatic rings. The van der Waals surface area contributed by atoms with Gasteiger partial charge in [0.25, 0.3) is 0 Å².